The molecule has 0 saturated carbocycles. The Hall–Kier alpha value is -2.10. The molecule has 0 unspecified atom stereocenters. The van der Waals surface area contributed by atoms with Crippen LogP contribution in [-0.2, 0) is 0 Å². The number of aromatic nitrogens is 1. The van der Waals surface area contributed by atoms with E-state index in [1.807, 2.05) is 13.0 Å². The van der Waals surface area contributed by atoms with Gasteiger partial charge in [-0.15, -0.1) is 10.2 Å². The molecule has 0 spiro atoms. The van der Waals surface area contributed by atoms with Crippen molar-refractivity contribution in [3.8, 4) is 0 Å². The van der Waals surface area contributed by atoms with Gasteiger partial charge in [-0.25, -0.2) is 9.37 Å². The molecule has 0 bridgehead atoms. The van der Waals surface area contributed by atoms with Gasteiger partial charge in [0.15, 0.2) is 11.6 Å². The average Bonchev–Trinajstić information content (AvgIpc) is 2.28. The maximum absolute atomic E-state index is 13.2. The van der Waals surface area contributed by atoms with Gasteiger partial charge in [0.25, 0.3) is 0 Å². The Labute approximate surface area is 92.7 Å². The molecule has 0 amide bonds. The third kappa shape index (κ3) is 2.48. The number of rotatable bonds is 2. The van der Waals surface area contributed by atoms with Gasteiger partial charge < -0.3 is 0 Å². The van der Waals surface area contributed by atoms with Crippen LogP contribution >= 0.6 is 0 Å². The highest BCUT2D eigenvalue weighted by atomic mass is 19.1. The minimum atomic E-state index is -0.390. The Morgan fingerprint density at radius 1 is 1.12 bits per heavy atom. The Morgan fingerprint density at radius 3 is 2.69 bits per heavy atom. The lowest BCUT2D eigenvalue weighted by atomic mass is 10.3. The fourth-order valence-corrected chi connectivity index (χ4v) is 1.21. The Kier molecular flexibility index (Phi) is 3.00. The van der Waals surface area contributed by atoms with Crippen molar-refractivity contribution < 1.29 is 4.39 Å². The summed E-state index contributed by atoms with van der Waals surface area (Å²) in [4.78, 5) is 4.00. The molecule has 0 fully saturated rings. The number of azo groups is 1. The van der Waals surface area contributed by atoms with Gasteiger partial charge in [-0.05, 0) is 36.8 Å². The SMILES string of the molecule is Cc1ccnc(N=Nc2ccccc2F)c1. The highest BCUT2D eigenvalue weighted by Crippen LogP contribution is 2.19. The van der Waals surface area contributed by atoms with Crippen LogP contribution < -0.4 is 0 Å². The van der Waals surface area contributed by atoms with Gasteiger partial charge >= 0.3 is 0 Å². The van der Waals surface area contributed by atoms with Gasteiger partial charge in [0.1, 0.15) is 5.69 Å². The summed E-state index contributed by atoms with van der Waals surface area (Å²) in [5, 5.41) is 7.68. The van der Waals surface area contributed by atoms with Gasteiger partial charge in [-0.1, -0.05) is 12.1 Å². The fraction of sp³-hybridized carbons (Fsp3) is 0.0833. The summed E-state index contributed by atoms with van der Waals surface area (Å²) >= 11 is 0. The third-order valence-electron chi connectivity index (χ3n) is 2.01. The zero-order chi connectivity index (χ0) is 11.4. The van der Waals surface area contributed by atoms with Crippen LogP contribution in [0.5, 0.6) is 0 Å². The van der Waals surface area contributed by atoms with Crippen molar-refractivity contribution in [2.45, 2.75) is 6.92 Å². The standard InChI is InChI=1S/C12H10FN3/c1-9-6-7-14-12(8-9)16-15-11-5-3-2-4-10(11)13/h2-8H,1H3. The van der Waals surface area contributed by atoms with Crippen LogP contribution in [0.3, 0.4) is 0 Å². The van der Waals surface area contributed by atoms with Crippen LogP contribution in [0.2, 0.25) is 0 Å². The van der Waals surface area contributed by atoms with Crippen LogP contribution in [-0.4, -0.2) is 4.98 Å². The minimum Gasteiger partial charge on any atom is -0.236 e. The molecule has 0 radical (unpaired) electrons. The lowest BCUT2D eigenvalue weighted by Crippen LogP contribution is -1.76. The smallest absolute Gasteiger partial charge is 0.174 e. The first kappa shape index (κ1) is 10.4. The summed E-state index contributed by atoms with van der Waals surface area (Å²) < 4.78 is 13.2. The first-order valence-electron chi connectivity index (χ1n) is 4.84. The van der Waals surface area contributed by atoms with E-state index in [1.165, 1.54) is 6.07 Å². The number of pyridine rings is 1. The Balaban J connectivity index is 2.25. The number of nitrogens with zero attached hydrogens (tertiary/aromatic N) is 3. The van der Waals surface area contributed by atoms with E-state index in [0.29, 0.717) is 5.82 Å². The molecule has 0 atom stereocenters. The number of hydrogen-bond acceptors (Lipinski definition) is 3. The van der Waals surface area contributed by atoms with Crippen molar-refractivity contribution in [2.24, 2.45) is 10.2 Å². The molecule has 16 heavy (non-hydrogen) atoms. The van der Waals surface area contributed by atoms with E-state index in [4.69, 9.17) is 0 Å². The molecule has 0 aliphatic rings. The van der Waals surface area contributed by atoms with Crippen molar-refractivity contribution in [3.05, 3.63) is 54.0 Å². The zero-order valence-electron chi connectivity index (χ0n) is 8.76. The van der Waals surface area contributed by atoms with Gasteiger partial charge in [-0.3, -0.25) is 0 Å². The van der Waals surface area contributed by atoms with Crippen molar-refractivity contribution in [1.29, 1.82) is 0 Å². The lowest BCUT2D eigenvalue weighted by molar-refractivity contribution is 0.628. The molecule has 1 aromatic carbocycles. The molecule has 3 nitrogen and oxygen atoms in total. The van der Waals surface area contributed by atoms with Crippen LogP contribution in [0.1, 0.15) is 5.56 Å². The molecule has 1 heterocycles. The quantitative estimate of drug-likeness (QED) is 0.699. The highest BCUT2D eigenvalue weighted by molar-refractivity contribution is 5.38. The maximum Gasteiger partial charge on any atom is 0.174 e. The van der Waals surface area contributed by atoms with Crippen LogP contribution in [0.4, 0.5) is 15.9 Å². The molecule has 80 valence electrons. The normalized spacial score (nSPS) is 10.9. The molecular weight excluding hydrogens is 205 g/mol. The van der Waals surface area contributed by atoms with Crippen LogP contribution in [0, 0.1) is 12.7 Å². The molecule has 0 saturated heterocycles. The number of aryl methyl sites for hydroxylation is 1. The second-order valence-electron chi connectivity index (χ2n) is 3.34. The molecule has 1 aromatic heterocycles. The molecule has 2 aromatic rings. The number of hydrogen-bond donors (Lipinski definition) is 0. The summed E-state index contributed by atoms with van der Waals surface area (Å²) in [6.45, 7) is 1.93. The van der Waals surface area contributed by atoms with E-state index in [-0.39, 0.29) is 11.5 Å². The van der Waals surface area contributed by atoms with Crippen LogP contribution in [0.25, 0.3) is 0 Å². The van der Waals surface area contributed by atoms with Crippen molar-refractivity contribution in [3.63, 3.8) is 0 Å². The predicted octanol–water partition coefficient (Wildman–Crippen LogP) is 3.94. The van der Waals surface area contributed by atoms with Crippen molar-refractivity contribution in [2.75, 3.05) is 0 Å². The lowest BCUT2D eigenvalue weighted by Gasteiger charge is -1.95. The molecular formula is C12H10FN3. The van der Waals surface area contributed by atoms with E-state index in [9.17, 15) is 4.39 Å². The summed E-state index contributed by atoms with van der Waals surface area (Å²) in [6.07, 6.45) is 1.64. The Morgan fingerprint density at radius 2 is 1.94 bits per heavy atom. The molecule has 0 aliphatic heterocycles. The van der Waals surface area contributed by atoms with E-state index in [2.05, 4.69) is 15.2 Å². The van der Waals surface area contributed by atoms with E-state index in [0.717, 1.165) is 5.56 Å². The maximum atomic E-state index is 13.2. The van der Waals surface area contributed by atoms with Gasteiger partial charge in [0.2, 0.25) is 0 Å². The molecule has 4 heteroatoms. The fourth-order valence-electron chi connectivity index (χ4n) is 1.21. The van der Waals surface area contributed by atoms with Gasteiger partial charge in [0, 0.05) is 6.20 Å². The topological polar surface area (TPSA) is 37.6 Å². The predicted molar refractivity (Wildman–Crippen MR) is 59.6 cm³/mol. The van der Waals surface area contributed by atoms with E-state index in [1.54, 1.807) is 30.5 Å². The largest absolute Gasteiger partial charge is 0.236 e. The molecule has 0 N–H and O–H groups in total. The first-order valence-corrected chi connectivity index (χ1v) is 4.84. The summed E-state index contributed by atoms with van der Waals surface area (Å²) in [5.74, 6) is 0.0853. The monoisotopic (exact) mass is 215 g/mol. The summed E-state index contributed by atoms with van der Waals surface area (Å²) in [7, 11) is 0. The highest BCUT2D eigenvalue weighted by Gasteiger charge is 1.98. The van der Waals surface area contributed by atoms with Gasteiger partial charge in [-0.2, -0.15) is 0 Å². The second-order valence-corrected chi connectivity index (χ2v) is 3.34. The second kappa shape index (κ2) is 4.61. The van der Waals surface area contributed by atoms with Crippen molar-refractivity contribution in [1.82, 2.24) is 4.98 Å². The molecule has 0 aliphatic carbocycles. The molecule has 2 rings (SSSR count). The third-order valence-corrected chi connectivity index (χ3v) is 2.01. The minimum absolute atomic E-state index is 0.214. The number of benzene rings is 1. The van der Waals surface area contributed by atoms with E-state index < -0.39 is 0 Å². The van der Waals surface area contributed by atoms with Gasteiger partial charge in [0.05, 0.1) is 0 Å². The average molecular weight is 215 g/mol. The van der Waals surface area contributed by atoms with Crippen LogP contribution in [0.15, 0.2) is 52.8 Å². The first-order chi connectivity index (χ1) is 7.75. The van der Waals surface area contributed by atoms with Crippen molar-refractivity contribution >= 4 is 11.5 Å². The zero-order valence-corrected chi connectivity index (χ0v) is 8.76. The summed E-state index contributed by atoms with van der Waals surface area (Å²) in [6, 6.07) is 9.87. The number of halogens is 1. The van der Waals surface area contributed by atoms with E-state index >= 15 is 0 Å². The summed E-state index contributed by atoms with van der Waals surface area (Å²) in [5.41, 5.74) is 1.25. The Bertz CT molecular complexity index is 523.